The van der Waals surface area contributed by atoms with Crippen molar-refractivity contribution in [3.05, 3.63) is 0 Å². The molecule has 17 heteroatoms. The third kappa shape index (κ3) is 8.65. The first-order valence-electron chi connectivity index (χ1n) is 5.99. The Kier molecular flexibility index (Phi) is 8.11. The molecule has 0 radical (unpaired) electrons. The maximum Gasteiger partial charge on any atom is 0.455 e. The van der Waals surface area contributed by atoms with Crippen LogP contribution in [0.4, 0.5) is 43.9 Å². The Morgan fingerprint density at radius 2 is 1.04 bits per heavy atom. The van der Waals surface area contributed by atoms with Gasteiger partial charge >= 0.3 is 34.6 Å². The Morgan fingerprint density at radius 3 is 1.27 bits per heavy atom. The fourth-order valence-electron chi connectivity index (χ4n) is 1.08. The van der Waals surface area contributed by atoms with Crippen molar-refractivity contribution in [2.45, 2.75) is 30.3 Å². The quantitative estimate of drug-likeness (QED) is 0.419. The lowest BCUT2D eigenvalue weighted by Gasteiger charge is -2.23. The molecule has 0 aliphatic carbocycles. The van der Waals surface area contributed by atoms with Crippen LogP contribution < -0.4 is 0 Å². The lowest BCUT2D eigenvalue weighted by atomic mass is 10.3. The molecule has 0 saturated heterocycles. The average molecular weight is 436 g/mol. The van der Waals surface area contributed by atoms with E-state index >= 15 is 0 Å². The van der Waals surface area contributed by atoms with Gasteiger partial charge in [0, 0.05) is 0 Å². The number of halogens is 10. The van der Waals surface area contributed by atoms with Crippen molar-refractivity contribution in [2.75, 3.05) is 26.4 Å². The van der Waals surface area contributed by atoms with Crippen LogP contribution in [0.2, 0.25) is 0 Å². The van der Waals surface area contributed by atoms with Crippen molar-refractivity contribution in [3.63, 3.8) is 0 Å². The van der Waals surface area contributed by atoms with Gasteiger partial charge in [0.2, 0.25) is 0 Å². The normalized spacial score (nSPS) is 14.9. The van der Waals surface area contributed by atoms with Crippen LogP contribution >= 0.6 is 0 Å². The first-order valence-corrected chi connectivity index (χ1v) is 7.35. The van der Waals surface area contributed by atoms with Gasteiger partial charge in [0.25, 0.3) is 0 Å². The minimum absolute atomic E-state index is 1.48. The first-order chi connectivity index (χ1) is 11.3. The van der Waals surface area contributed by atoms with Gasteiger partial charge in [-0.15, -0.1) is 0 Å². The van der Waals surface area contributed by atoms with Crippen molar-refractivity contribution < 1.29 is 70.5 Å². The van der Waals surface area contributed by atoms with Crippen molar-refractivity contribution in [1.82, 2.24) is 0 Å². The summed E-state index contributed by atoms with van der Waals surface area (Å²) in [6.07, 6.45) is -14.4. The summed E-state index contributed by atoms with van der Waals surface area (Å²) in [7, 11) is -5.39. The second-order valence-corrected chi connectivity index (χ2v) is 5.63. The summed E-state index contributed by atoms with van der Waals surface area (Å²) < 4.78 is 162. The second kappa shape index (κ2) is 8.41. The Morgan fingerprint density at radius 1 is 0.731 bits per heavy atom. The molecule has 0 atom stereocenters. The number of hydrogen-bond donors (Lipinski definition) is 1. The van der Waals surface area contributed by atoms with E-state index in [4.69, 9.17) is 4.55 Å². The molecule has 1 N–H and O–H groups in total. The van der Waals surface area contributed by atoms with Crippen LogP contribution in [0.25, 0.3) is 0 Å². The maximum atomic E-state index is 12.5. The molecule has 26 heavy (non-hydrogen) atoms. The highest BCUT2D eigenvalue weighted by Gasteiger charge is 2.58. The molecule has 0 fully saturated rings. The fraction of sp³-hybridized carbons (Fsp3) is 1.00. The van der Waals surface area contributed by atoms with Gasteiger partial charge in [0.1, 0.15) is 19.3 Å². The van der Waals surface area contributed by atoms with E-state index in [1.54, 1.807) is 0 Å². The van der Waals surface area contributed by atoms with Crippen LogP contribution in [0, 0.1) is 0 Å². The summed E-state index contributed by atoms with van der Waals surface area (Å²) >= 11 is 0. The zero-order valence-corrected chi connectivity index (χ0v) is 12.9. The van der Waals surface area contributed by atoms with Crippen LogP contribution in [0.5, 0.6) is 0 Å². The Balaban J connectivity index is 4.75. The smallest absolute Gasteiger partial charge is 0.372 e. The summed E-state index contributed by atoms with van der Waals surface area (Å²) in [6, 6.07) is 0. The van der Waals surface area contributed by atoms with Gasteiger partial charge in [-0.2, -0.15) is 52.3 Å². The molecule has 158 valence electrons. The van der Waals surface area contributed by atoms with Crippen molar-refractivity contribution in [3.8, 4) is 0 Å². The molecule has 0 unspecified atom stereocenters. The SMILES string of the molecule is O=S(=O)(O)OC(COCC(F)(F)C(F)(F)F)COCC(F)(F)C(F)(F)F. The highest BCUT2D eigenvalue weighted by molar-refractivity contribution is 7.80. The van der Waals surface area contributed by atoms with E-state index in [1.165, 1.54) is 0 Å². The van der Waals surface area contributed by atoms with E-state index in [0.717, 1.165) is 0 Å². The number of hydrogen-bond acceptors (Lipinski definition) is 5. The monoisotopic (exact) mass is 436 g/mol. The van der Waals surface area contributed by atoms with Gasteiger partial charge in [-0.25, -0.2) is 4.18 Å². The zero-order chi connectivity index (χ0) is 21.0. The Hall–Kier alpha value is -0.910. The van der Waals surface area contributed by atoms with E-state index in [9.17, 15) is 52.3 Å². The van der Waals surface area contributed by atoms with Gasteiger partial charge in [-0.05, 0) is 0 Å². The van der Waals surface area contributed by atoms with Crippen LogP contribution in [0.15, 0.2) is 0 Å². The molecule has 0 aliphatic rings. The van der Waals surface area contributed by atoms with Crippen LogP contribution in [-0.4, -0.2) is 69.7 Å². The molecule has 0 heterocycles. The minimum Gasteiger partial charge on any atom is -0.372 e. The van der Waals surface area contributed by atoms with Crippen LogP contribution in [0.3, 0.4) is 0 Å². The van der Waals surface area contributed by atoms with Crippen LogP contribution in [-0.2, 0) is 24.1 Å². The van der Waals surface area contributed by atoms with E-state index in [2.05, 4.69) is 13.7 Å². The summed E-state index contributed by atoms with van der Waals surface area (Å²) in [4.78, 5) is 0. The predicted molar refractivity (Wildman–Crippen MR) is 60.1 cm³/mol. The molecule has 0 bridgehead atoms. The second-order valence-electron chi connectivity index (χ2n) is 4.58. The third-order valence-electron chi connectivity index (χ3n) is 2.26. The Labute approximate surface area is 138 Å². The van der Waals surface area contributed by atoms with Gasteiger partial charge in [-0.3, -0.25) is 4.55 Å². The summed E-state index contributed by atoms with van der Waals surface area (Å²) in [5.74, 6) is -10.8. The highest BCUT2D eigenvalue weighted by atomic mass is 32.3. The largest absolute Gasteiger partial charge is 0.455 e. The summed E-state index contributed by atoms with van der Waals surface area (Å²) in [6.45, 7) is -7.66. The molecule has 6 nitrogen and oxygen atoms in total. The molecule has 0 amide bonds. The van der Waals surface area contributed by atoms with Gasteiger partial charge in [0.05, 0.1) is 13.2 Å². The molecule has 0 aromatic heterocycles. The fourth-order valence-corrected chi connectivity index (χ4v) is 1.53. The molecule has 0 rings (SSSR count). The molecule has 0 aliphatic heterocycles. The highest BCUT2D eigenvalue weighted by Crippen LogP contribution is 2.36. The molecular formula is C9H10F10O6S. The lowest BCUT2D eigenvalue weighted by molar-refractivity contribution is -0.300. The van der Waals surface area contributed by atoms with Crippen molar-refractivity contribution in [1.29, 1.82) is 0 Å². The lowest BCUT2D eigenvalue weighted by Crippen LogP contribution is -2.43. The number of rotatable bonds is 10. The standard InChI is InChI=1S/C9H10F10O6S/c10-6(11,8(14,15)16)3-23-1-5(25-26(20,21)22)2-24-4-7(12,13)9(17,18)19/h5H,1-4H2,(H,20,21,22). The van der Waals surface area contributed by atoms with E-state index < -0.39 is 67.1 Å². The van der Waals surface area contributed by atoms with E-state index in [1.807, 2.05) is 0 Å². The molecule has 0 aromatic rings. The average Bonchev–Trinajstić information content (AvgIpc) is 2.33. The number of ether oxygens (including phenoxy) is 2. The topological polar surface area (TPSA) is 82.1 Å². The van der Waals surface area contributed by atoms with Gasteiger partial charge < -0.3 is 9.47 Å². The van der Waals surface area contributed by atoms with Crippen molar-refractivity contribution in [2.24, 2.45) is 0 Å². The molecule has 0 saturated carbocycles. The molecule has 0 spiro atoms. The van der Waals surface area contributed by atoms with E-state index in [-0.39, 0.29) is 0 Å². The summed E-state index contributed by atoms with van der Waals surface area (Å²) in [5, 5.41) is 0. The predicted octanol–water partition coefficient (Wildman–Crippen LogP) is 2.60. The molecular weight excluding hydrogens is 426 g/mol. The molecule has 0 aromatic carbocycles. The van der Waals surface area contributed by atoms with Gasteiger partial charge in [0.15, 0.2) is 0 Å². The Bertz CT molecular complexity index is 510. The zero-order valence-electron chi connectivity index (χ0n) is 12.1. The third-order valence-corrected chi connectivity index (χ3v) is 2.78. The van der Waals surface area contributed by atoms with E-state index in [0.29, 0.717) is 0 Å². The van der Waals surface area contributed by atoms with Crippen LogP contribution in [0.1, 0.15) is 0 Å². The maximum absolute atomic E-state index is 12.5. The number of alkyl halides is 10. The minimum atomic E-state index is -6.03. The van der Waals surface area contributed by atoms with Gasteiger partial charge in [-0.1, -0.05) is 0 Å². The van der Waals surface area contributed by atoms with Crippen molar-refractivity contribution >= 4 is 10.4 Å². The first kappa shape index (κ1) is 25.1. The summed E-state index contributed by atoms with van der Waals surface area (Å²) in [5.41, 5.74) is 0.